The molecule has 6 heteroatoms. The SMILES string of the molecule is CC[C@]1(c2ccccc2)[C@H](c2ccccc2)C[C@@H](OS(=O)(=O)c2ccc(C)cc2)C1(C#N)C#N. The second-order valence-corrected chi connectivity index (χ2v) is 10.3. The van der Waals surface area contributed by atoms with Crippen LogP contribution in [0.25, 0.3) is 0 Å². The Morgan fingerprint density at radius 2 is 1.47 bits per heavy atom. The van der Waals surface area contributed by atoms with Crippen LogP contribution in [0.15, 0.2) is 89.8 Å². The first-order chi connectivity index (χ1) is 16.3. The first kappa shape index (κ1) is 23.7. The molecule has 3 aromatic carbocycles. The predicted molar refractivity (Wildman–Crippen MR) is 129 cm³/mol. The van der Waals surface area contributed by atoms with Gasteiger partial charge in [-0.25, -0.2) is 0 Å². The first-order valence-electron chi connectivity index (χ1n) is 11.3. The Kier molecular flexibility index (Phi) is 6.32. The third-order valence-corrected chi connectivity index (χ3v) is 8.52. The summed E-state index contributed by atoms with van der Waals surface area (Å²) in [5.41, 5.74) is 0.00477. The molecule has 0 heterocycles. The Balaban J connectivity index is 1.91. The van der Waals surface area contributed by atoms with Gasteiger partial charge in [0.25, 0.3) is 10.1 Å². The lowest BCUT2D eigenvalue weighted by Gasteiger charge is -2.42. The average molecular weight is 471 g/mol. The lowest BCUT2D eigenvalue weighted by Crippen LogP contribution is -2.48. The molecule has 3 aromatic rings. The number of benzene rings is 3. The summed E-state index contributed by atoms with van der Waals surface area (Å²) in [4.78, 5) is 0.00727. The van der Waals surface area contributed by atoms with Gasteiger partial charge in [-0.1, -0.05) is 85.3 Å². The monoisotopic (exact) mass is 470 g/mol. The van der Waals surface area contributed by atoms with Crippen molar-refractivity contribution < 1.29 is 12.6 Å². The quantitative estimate of drug-likeness (QED) is 0.435. The summed E-state index contributed by atoms with van der Waals surface area (Å²) in [6.07, 6.45) is -0.458. The van der Waals surface area contributed by atoms with Gasteiger partial charge in [0.2, 0.25) is 0 Å². The topological polar surface area (TPSA) is 90.9 Å². The van der Waals surface area contributed by atoms with E-state index >= 15 is 0 Å². The number of rotatable bonds is 6. The van der Waals surface area contributed by atoms with Crippen LogP contribution in [-0.2, 0) is 19.7 Å². The van der Waals surface area contributed by atoms with Crippen LogP contribution in [0.4, 0.5) is 0 Å². The number of aryl methyl sites for hydroxylation is 1. The lowest BCUT2D eigenvalue weighted by molar-refractivity contribution is 0.120. The minimum absolute atomic E-state index is 0.00727. The van der Waals surface area contributed by atoms with E-state index in [1.54, 1.807) is 12.1 Å². The Bertz CT molecular complexity index is 1330. The highest BCUT2D eigenvalue weighted by Gasteiger charge is 2.68. The van der Waals surface area contributed by atoms with Crippen LogP contribution in [0, 0.1) is 35.0 Å². The van der Waals surface area contributed by atoms with Crippen LogP contribution in [0.1, 0.15) is 42.4 Å². The van der Waals surface area contributed by atoms with Gasteiger partial charge in [-0.3, -0.25) is 4.18 Å². The van der Waals surface area contributed by atoms with Crippen LogP contribution in [0.2, 0.25) is 0 Å². The standard InChI is InChI=1S/C28H26N2O3S/c1-3-28(23-12-8-5-9-13-23)25(22-10-6-4-7-11-22)18-26(27(28,19-29)20-30)33-34(31,32)24-16-14-21(2)15-17-24/h4-17,25-26H,3,18H2,1-2H3/t25-,26+,28-/m0/s1. The van der Waals surface area contributed by atoms with E-state index in [1.165, 1.54) is 12.1 Å². The summed E-state index contributed by atoms with van der Waals surface area (Å²) in [6.45, 7) is 3.81. The van der Waals surface area contributed by atoms with E-state index < -0.39 is 27.1 Å². The largest absolute Gasteiger partial charge is 0.297 e. The maximum Gasteiger partial charge on any atom is 0.297 e. The summed E-state index contributed by atoms with van der Waals surface area (Å²) in [5, 5.41) is 21.1. The molecular weight excluding hydrogens is 444 g/mol. The van der Waals surface area contributed by atoms with Crippen LogP contribution in [0.3, 0.4) is 0 Å². The molecule has 5 nitrogen and oxygen atoms in total. The third kappa shape index (κ3) is 3.60. The predicted octanol–water partition coefficient (Wildman–Crippen LogP) is 5.64. The molecule has 34 heavy (non-hydrogen) atoms. The molecule has 0 radical (unpaired) electrons. The van der Waals surface area contributed by atoms with Gasteiger partial charge in [0.15, 0.2) is 5.41 Å². The van der Waals surface area contributed by atoms with Crippen molar-refractivity contribution in [1.82, 2.24) is 0 Å². The van der Waals surface area contributed by atoms with Crippen molar-refractivity contribution in [2.45, 2.75) is 49.0 Å². The van der Waals surface area contributed by atoms with Crippen molar-refractivity contribution in [3.63, 3.8) is 0 Å². The van der Waals surface area contributed by atoms with E-state index in [9.17, 15) is 18.9 Å². The van der Waals surface area contributed by atoms with E-state index in [4.69, 9.17) is 4.18 Å². The highest BCUT2D eigenvalue weighted by Crippen LogP contribution is 2.63. The molecule has 4 rings (SSSR count). The molecular formula is C28H26N2O3S. The van der Waals surface area contributed by atoms with Gasteiger partial charge in [0.05, 0.1) is 17.0 Å². The maximum atomic E-state index is 13.3. The van der Waals surface area contributed by atoms with Crippen molar-refractivity contribution in [3.05, 3.63) is 102 Å². The fourth-order valence-electron chi connectivity index (χ4n) is 5.55. The van der Waals surface area contributed by atoms with Gasteiger partial charge < -0.3 is 0 Å². The molecule has 172 valence electrons. The second-order valence-electron chi connectivity index (χ2n) is 8.77. The molecule has 0 bridgehead atoms. The summed E-state index contributed by atoms with van der Waals surface area (Å²) in [5.74, 6) is -0.293. The number of hydrogen-bond donors (Lipinski definition) is 0. The van der Waals surface area contributed by atoms with E-state index in [-0.39, 0.29) is 17.2 Å². The van der Waals surface area contributed by atoms with Gasteiger partial charge >= 0.3 is 0 Å². The molecule has 3 atom stereocenters. The second kappa shape index (κ2) is 9.06. The van der Waals surface area contributed by atoms with Gasteiger partial charge in [-0.05, 0) is 48.9 Å². The van der Waals surface area contributed by atoms with E-state index in [2.05, 4.69) is 12.1 Å². The molecule has 1 fully saturated rings. The number of hydrogen-bond acceptors (Lipinski definition) is 5. The Labute approximate surface area is 201 Å². The van der Waals surface area contributed by atoms with E-state index in [0.717, 1.165) is 16.7 Å². The zero-order valence-corrected chi connectivity index (χ0v) is 20.0. The highest BCUT2D eigenvalue weighted by molar-refractivity contribution is 7.86. The van der Waals surface area contributed by atoms with Crippen LogP contribution in [0.5, 0.6) is 0 Å². The minimum atomic E-state index is -4.20. The lowest BCUT2D eigenvalue weighted by atomic mass is 9.57. The van der Waals surface area contributed by atoms with Gasteiger partial charge in [-0.15, -0.1) is 0 Å². The fourth-order valence-corrected chi connectivity index (χ4v) is 6.66. The molecule has 1 aliphatic carbocycles. The van der Waals surface area contributed by atoms with Crippen molar-refractivity contribution in [3.8, 4) is 12.1 Å². The summed E-state index contributed by atoms with van der Waals surface area (Å²) >= 11 is 0. The highest BCUT2D eigenvalue weighted by atomic mass is 32.2. The fraction of sp³-hybridized carbons (Fsp3) is 0.286. The molecule has 1 saturated carbocycles. The van der Waals surface area contributed by atoms with E-state index in [0.29, 0.717) is 6.42 Å². The third-order valence-electron chi connectivity index (χ3n) is 7.19. The molecule has 0 unspecified atom stereocenters. The maximum absolute atomic E-state index is 13.3. The molecule has 0 spiro atoms. The Morgan fingerprint density at radius 3 is 2.00 bits per heavy atom. The Morgan fingerprint density at radius 1 is 0.912 bits per heavy atom. The van der Waals surface area contributed by atoms with Gasteiger partial charge in [-0.2, -0.15) is 18.9 Å². The van der Waals surface area contributed by atoms with Gasteiger partial charge in [0, 0.05) is 5.41 Å². The first-order valence-corrected chi connectivity index (χ1v) is 12.7. The van der Waals surface area contributed by atoms with Crippen LogP contribution in [-0.4, -0.2) is 14.5 Å². The molecule has 0 N–H and O–H groups in total. The summed E-state index contributed by atoms with van der Waals surface area (Å²) in [6, 6.07) is 30.0. The smallest absolute Gasteiger partial charge is 0.260 e. The zero-order valence-electron chi connectivity index (χ0n) is 19.2. The molecule has 1 aliphatic rings. The molecule has 0 saturated heterocycles. The van der Waals surface area contributed by atoms with E-state index in [1.807, 2.05) is 74.5 Å². The van der Waals surface area contributed by atoms with Crippen LogP contribution < -0.4 is 0 Å². The minimum Gasteiger partial charge on any atom is -0.260 e. The molecule has 0 aliphatic heterocycles. The Hall–Kier alpha value is -3.45. The van der Waals surface area contributed by atoms with Crippen molar-refractivity contribution in [2.75, 3.05) is 0 Å². The van der Waals surface area contributed by atoms with Crippen LogP contribution >= 0.6 is 0 Å². The summed E-state index contributed by atoms with van der Waals surface area (Å²) < 4.78 is 32.3. The summed E-state index contributed by atoms with van der Waals surface area (Å²) in [7, 11) is -4.20. The van der Waals surface area contributed by atoms with Gasteiger partial charge in [0.1, 0.15) is 6.10 Å². The number of nitriles is 2. The van der Waals surface area contributed by atoms with Crippen molar-refractivity contribution in [1.29, 1.82) is 10.5 Å². The average Bonchev–Trinajstić information content (AvgIpc) is 3.15. The van der Waals surface area contributed by atoms with Crippen molar-refractivity contribution >= 4 is 10.1 Å². The zero-order chi connectivity index (χ0) is 24.4. The molecule has 0 aromatic heterocycles. The molecule has 0 amide bonds. The van der Waals surface area contributed by atoms with Crippen molar-refractivity contribution in [2.24, 2.45) is 5.41 Å². The number of nitrogens with zero attached hydrogens (tertiary/aromatic N) is 2. The normalized spacial score (nSPS) is 23.6.